The van der Waals surface area contributed by atoms with E-state index in [1.54, 1.807) is 19.1 Å². The average molecular weight is 393 g/mol. The fourth-order valence-corrected chi connectivity index (χ4v) is 3.49. The molecule has 0 atom stereocenters. The van der Waals surface area contributed by atoms with Crippen LogP contribution in [0.3, 0.4) is 0 Å². The normalized spacial score (nSPS) is 12.2. The van der Waals surface area contributed by atoms with Gasteiger partial charge in [0.25, 0.3) is 10.2 Å². The molecule has 1 aromatic carbocycles. The molecule has 0 aliphatic carbocycles. The molecule has 0 fully saturated rings. The Labute approximate surface area is 148 Å². The van der Waals surface area contributed by atoms with E-state index in [0.717, 1.165) is 14.9 Å². The van der Waals surface area contributed by atoms with Gasteiger partial charge >= 0.3 is 5.97 Å². The second-order valence-electron chi connectivity index (χ2n) is 5.25. The van der Waals surface area contributed by atoms with Crippen molar-refractivity contribution < 1.29 is 26.4 Å². The van der Waals surface area contributed by atoms with Crippen molar-refractivity contribution in [3.8, 4) is 0 Å². The van der Waals surface area contributed by atoms with Crippen LogP contribution in [-0.4, -0.2) is 67.2 Å². The minimum Gasteiger partial charge on any atom is -0.462 e. The Morgan fingerprint density at radius 1 is 1.16 bits per heavy atom. The van der Waals surface area contributed by atoms with Crippen LogP contribution < -0.4 is 9.03 Å². The highest BCUT2D eigenvalue weighted by molar-refractivity contribution is 7.92. The first-order valence-electron chi connectivity index (χ1n) is 7.41. The van der Waals surface area contributed by atoms with E-state index in [-0.39, 0.29) is 30.9 Å². The number of rotatable bonds is 9. The number of ether oxygens (including phenoxy) is 1. The predicted octanol–water partition coefficient (Wildman–Crippen LogP) is 0.0253. The molecule has 0 aromatic heterocycles. The zero-order valence-corrected chi connectivity index (χ0v) is 16.2. The molecule has 1 N–H and O–H groups in total. The molecule has 0 heterocycles. The number of esters is 1. The Bertz CT molecular complexity index is 806. The Hall–Kier alpha value is -1.69. The smallest absolute Gasteiger partial charge is 0.340 e. The molecular weight excluding hydrogens is 370 g/mol. The van der Waals surface area contributed by atoms with Crippen LogP contribution in [0.15, 0.2) is 24.3 Å². The topological polar surface area (TPSA) is 113 Å². The first-order valence-corrected chi connectivity index (χ1v) is 10.7. The monoisotopic (exact) mass is 393 g/mol. The summed E-state index contributed by atoms with van der Waals surface area (Å²) in [5.74, 6) is -0.652. The van der Waals surface area contributed by atoms with E-state index in [4.69, 9.17) is 4.74 Å². The Morgan fingerprint density at radius 3 is 2.28 bits per heavy atom. The van der Waals surface area contributed by atoms with E-state index in [2.05, 4.69) is 4.72 Å². The first-order chi connectivity index (χ1) is 11.5. The van der Waals surface area contributed by atoms with Crippen molar-refractivity contribution in [2.45, 2.75) is 6.92 Å². The summed E-state index contributed by atoms with van der Waals surface area (Å²) in [7, 11) is -4.73. The number of hydrogen-bond donors (Lipinski definition) is 1. The van der Waals surface area contributed by atoms with Crippen LogP contribution in [0.25, 0.3) is 0 Å². The molecule has 9 nitrogen and oxygen atoms in total. The van der Waals surface area contributed by atoms with Crippen LogP contribution in [-0.2, 0) is 25.0 Å². The Balaban J connectivity index is 3.12. The fourth-order valence-electron chi connectivity index (χ4n) is 1.94. The molecule has 11 heteroatoms. The maximum absolute atomic E-state index is 12.1. The summed E-state index contributed by atoms with van der Waals surface area (Å²) in [6.07, 6.45) is 0.982. The molecule has 1 rings (SSSR count). The van der Waals surface area contributed by atoms with Crippen LogP contribution in [0.1, 0.15) is 17.3 Å². The number of nitrogens with zero attached hydrogens (tertiary/aromatic N) is 2. The third kappa shape index (κ3) is 5.96. The van der Waals surface area contributed by atoms with Crippen molar-refractivity contribution in [2.75, 3.05) is 44.4 Å². The molecule has 25 heavy (non-hydrogen) atoms. The highest BCUT2D eigenvalue weighted by Crippen LogP contribution is 2.23. The number of sulfonamides is 1. The molecule has 142 valence electrons. The van der Waals surface area contributed by atoms with Crippen LogP contribution in [0.4, 0.5) is 5.69 Å². The van der Waals surface area contributed by atoms with Gasteiger partial charge in [0.1, 0.15) is 0 Å². The summed E-state index contributed by atoms with van der Waals surface area (Å²) < 4.78 is 56.9. The zero-order chi connectivity index (χ0) is 19.3. The average Bonchev–Trinajstić information content (AvgIpc) is 2.50. The lowest BCUT2D eigenvalue weighted by atomic mass is 10.2. The van der Waals surface area contributed by atoms with E-state index in [9.17, 15) is 21.6 Å². The number of para-hydroxylation sites is 1. The number of hydrogen-bond acceptors (Lipinski definition) is 6. The van der Waals surface area contributed by atoms with Gasteiger partial charge in [-0.3, -0.25) is 4.31 Å². The van der Waals surface area contributed by atoms with Crippen molar-refractivity contribution in [1.82, 2.24) is 9.03 Å². The van der Waals surface area contributed by atoms with Gasteiger partial charge in [-0.25, -0.2) is 17.9 Å². The largest absolute Gasteiger partial charge is 0.462 e. The summed E-state index contributed by atoms with van der Waals surface area (Å²) in [6.45, 7) is 1.45. The van der Waals surface area contributed by atoms with Gasteiger partial charge in [-0.1, -0.05) is 12.1 Å². The van der Waals surface area contributed by atoms with Gasteiger partial charge in [-0.2, -0.15) is 12.7 Å². The first kappa shape index (κ1) is 21.4. The number of nitrogens with one attached hydrogen (secondary N) is 1. The van der Waals surface area contributed by atoms with E-state index < -0.39 is 26.2 Å². The molecule has 0 bridgehead atoms. The third-order valence-electron chi connectivity index (χ3n) is 3.15. The van der Waals surface area contributed by atoms with E-state index >= 15 is 0 Å². The van der Waals surface area contributed by atoms with Gasteiger partial charge in [0.05, 0.1) is 24.1 Å². The van der Waals surface area contributed by atoms with Crippen LogP contribution >= 0.6 is 0 Å². The molecular formula is C14H23N3O6S2. The maximum atomic E-state index is 12.1. The summed E-state index contributed by atoms with van der Waals surface area (Å²) >= 11 is 0. The highest BCUT2D eigenvalue weighted by atomic mass is 32.2. The second kappa shape index (κ2) is 8.61. The Morgan fingerprint density at radius 2 is 1.76 bits per heavy atom. The van der Waals surface area contributed by atoms with Gasteiger partial charge in [0, 0.05) is 27.2 Å². The quantitative estimate of drug-likeness (QED) is 0.592. The van der Waals surface area contributed by atoms with Crippen LogP contribution in [0, 0.1) is 0 Å². The standard InChI is InChI=1S/C14H23N3O6S2/c1-5-23-14(18)12-8-6-7-9-13(12)17(24(4,19)20)11-10-15-25(21,22)16(2)3/h6-9,15H,5,10-11H2,1-4H3. The molecule has 0 aliphatic rings. The van der Waals surface area contributed by atoms with Crippen molar-refractivity contribution in [3.05, 3.63) is 29.8 Å². The van der Waals surface area contributed by atoms with E-state index in [1.807, 2.05) is 0 Å². The van der Waals surface area contributed by atoms with Crippen LogP contribution in [0.5, 0.6) is 0 Å². The highest BCUT2D eigenvalue weighted by Gasteiger charge is 2.24. The predicted molar refractivity (Wildman–Crippen MR) is 95.2 cm³/mol. The van der Waals surface area contributed by atoms with Crippen molar-refractivity contribution in [3.63, 3.8) is 0 Å². The molecule has 0 saturated carbocycles. The minimum absolute atomic E-state index is 0.0882. The van der Waals surface area contributed by atoms with Crippen molar-refractivity contribution in [1.29, 1.82) is 0 Å². The molecule has 1 aromatic rings. The van der Waals surface area contributed by atoms with Crippen LogP contribution in [0.2, 0.25) is 0 Å². The van der Waals surface area contributed by atoms with E-state index in [1.165, 1.54) is 26.2 Å². The van der Waals surface area contributed by atoms with E-state index in [0.29, 0.717) is 0 Å². The summed E-state index contributed by atoms with van der Waals surface area (Å²) in [6, 6.07) is 6.09. The van der Waals surface area contributed by atoms with Gasteiger partial charge in [-0.15, -0.1) is 0 Å². The van der Waals surface area contributed by atoms with Gasteiger partial charge < -0.3 is 4.74 Å². The second-order valence-corrected chi connectivity index (χ2v) is 9.13. The molecule has 0 aliphatic heterocycles. The molecule has 0 amide bonds. The minimum atomic E-state index is -3.75. The third-order valence-corrected chi connectivity index (χ3v) is 5.86. The zero-order valence-electron chi connectivity index (χ0n) is 14.6. The number of benzene rings is 1. The lowest BCUT2D eigenvalue weighted by molar-refractivity contribution is 0.0527. The van der Waals surface area contributed by atoms with Crippen molar-refractivity contribution in [2.24, 2.45) is 0 Å². The SMILES string of the molecule is CCOC(=O)c1ccccc1N(CCNS(=O)(=O)N(C)C)S(C)(=O)=O. The fraction of sp³-hybridized carbons (Fsp3) is 0.500. The molecule has 0 unspecified atom stereocenters. The lowest BCUT2D eigenvalue weighted by Crippen LogP contribution is -2.42. The number of anilines is 1. The summed E-state index contributed by atoms with van der Waals surface area (Å²) in [5.41, 5.74) is 0.220. The summed E-state index contributed by atoms with van der Waals surface area (Å²) in [5, 5.41) is 0. The number of carbonyl (C=O) groups excluding carboxylic acids is 1. The summed E-state index contributed by atoms with van der Waals surface area (Å²) in [4.78, 5) is 12.1. The number of carbonyl (C=O) groups is 1. The Kier molecular flexibility index (Phi) is 7.35. The van der Waals surface area contributed by atoms with Gasteiger partial charge in [-0.05, 0) is 19.1 Å². The molecule has 0 saturated heterocycles. The molecule has 0 spiro atoms. The maximum Gasteiger partial charge on any atom is 0.340 e. The van der Waals surface area contributed by atoms with Gasteiger partial charge in [0.15, 0.2) is 0 Å². The van der Waals surface area contributed by atoms with Crippen molar-refractivity contribution >= 4 is 31.9 Å². The van der Waals surface area contributed by atoms with Gasteiger partial charge in [0.2, 0.25) is 10.0 Å². The lowest BCUT2D eigenvalue weighted by Gasteiger charge is -2.24. The molecule has 0 radical (unpaired) electrons.